The van der Waals surface area contributed by atoms with E-state index < -0.39 is 29.9 Å². The van der Waals surface area contributed by atoms with Crippen molar-refractivity contribution in [2.45, 2.75) is 6.42 Å². The van der Waals surface area contributed by atoms with Gasteiger partial charge in [-0.15, -0.1) is 11.6 Å². The van der Waals surface area contributed by atoms with E-state index in [2.05, 4.69) is 5.10 Å². The molecule has 1 heterocycles. The average Bonchev–Trinajstić information content (AvgIpc) is 2.74. The molecule has 0 saturated heterocycles. The van der Waals surface area contributed by atoms with Crippen molar-refractivity contribution in [2.24, 2.45) is 0 Å². The van der Waals surface area contributed by atoms with Gasteiger partial charge < -0.3 is 10.2 Å². The first-order valence-corrected chi connectivity index (χ1v) is 6.73. The fraction of sp³-hybridized carbons (Fsp3) is 0.154. The van der Waals surface area contributed by atoms with Crippen LogP contribution >= 0.6 is 23.2 Å². The van der Waals surface area contributed by atoms with E-state index in [-0.39, 0.29) is 11.3 Å². The highest BCUT2D eigenvalue weighted by Gasteiger charge is 2.25. The number of carbonyl (C=O) groups excluding carboxylic acids is 1. The first-order valence-electron chi connectivity index (χ1n) is 5.82. The molecule has 110 valence electrons. The van der Waals surface area contributed by atoms with Crippen molar-refractivity contribution in [3.8, 4) is 11.6 Å². The third-order valence-electron chi connectivity index (χ3n) is 2.73. The minimum Gasteiger partial charge on any atom is -0.493 e. The number of hydrogen-bond acceptors (Lipinski definition) is 4. The van der Waals surface area contributed by atoms with Gasteiger partial charge in [0.05, 0.1) is 28.7 Å². The molecule has 0 amide bonds. The van der Waals surface area contributed by atoms with Gasteiger partial charge in [0.2, 0.25) is 5.88 Å². The molecule has 0 aliphatic heterocycles. The zero-order valence-corrected chi connectivity index (χ0v) is 12.1. The Morgan fingerprint density at radius 2 is 1.95 bits per heavy atom. The van der Waals surface area contributed by atoms with Crippen molar-refractivity contribution in [1.82, 2.24) is 9.78 Å². The first-order chi connectivity index (χ1) is 9.95. The van der Waals surface area contributed by atoms with Crippen LogP contribution in [0.25, 0.3) is 5.69 Å². The average molecular weight is 329 g/mol. The van der Waals surface area contributed by atoms with Crippen LogP contribution in [0.2, 0.25) is 5.02 Å². The molecule has 0 saturated carbocycles. The smallest absolute Gasteiger partial charge is 0.309 e. The van der Waals surface area contributed by atoms with Gasteiger partial charge in [-0.05, 0) is 12.1 Å². The summed E-state index contributed by atoms with van der Waals surface area (Å²) in [6, 6.07) is 6.52. The Morgan fingerprint density at radius 3 is 2.52 bits per heavy atom. The highest BCUT2D eigenvalue weighted by atomic mass is 35.5. The zero-order valence-electron chi connectivity index (χ0n) is 10.6. The molecule has 0 fully saturated rings. The lowest BCUT2D eigenvalue weighted by atomic mass is 10.1. The summed E-state index contributed by atoms with van der Waals surface area (Å²) in [6.07, 6.45) is -0.511. The lowest BCUT2D eigenvalue weighted by molar-refractivity contribution is -0.136. The highest BCUT2D eigenvalue weighted by molar-refractivity contribution is 6.32. The second kappa shape index (κ2) is 6.15. The lowest BCUT2D eigenvalue weighted by Crippen LogP contribution is -2.08. The molecule has 2 N–H and O–H groups in total. The molecule has 0 radical (unpaired) electrons. The van der Waals surface area contributed by atoms with Crippen LogP contribution < -0.4 is 0 Å². The van der Waals surface area contributed by atoms with Gasteiger partial charge >= 0.3 is 5.97 Å². The van der Waals surface area contributed by atoms with Crippen molar-refractivity contribution >= 4 is 35.0 Å². The van der Waals surface area contributed by atoms with E-state index in [0.717, 1.165) is 4.68 Å². The summed E-state index contributed by atoms with van der Waals surface area (Å²) in [4.78, 5) is 22.6. The quantitative estimate of drug-likeness (QED) is 0.648. The Balaban J connectivity index is 2.64. The molecule has 1 aromatic carbocycles. The van der Waals surface area contributed by atoms with E-state index >= 15 is 0 Å². The van der Waals surface area contributed by atoms with E-state index in [1.807, 2.05) is 0 Å². The molecule has 0 spiro atoms. The Labute approximate surface area is 129 Å². The maximum Gasteiger partial charge on any atom is 0.309 e. The number of ketones is 1. The summed E-state index contributed by atoms with van der Waals surface area (Å²) in [6.45, 7) is 0. The third-order valence-corrected chi connectivity index (χ3v) is 3.30. The Kier molecular flexibility index (Phi) is 4.50. The highest BCUT2D eigenvalue weighted by Crippen LogP contribution is 2.29. The number of benzene rings is 1. The minimum atomic E-state index is -1.18. The molecule has 0 bridgehead atoms. The lowest BCUT2D eigenvalue weighted by Gasteiger charge is -2.05. The molecule has 0 aliphatic carbocycles. The van der Waals surface area contributed by atoms with E-state index in [1.165, 1.54) is 0 Å². The standard InChI is InChI=1S/C13H10Cl2N2O4/c14-6-10(18)12-8(5-11(19)20)16-17(13(12)21)9-4-2-1-3-7(9)15/h1-4,21H,5-6H2,(H,19,20). The number of carboxylic acids is 1. The van der Waals surface area contributed by atoms with Gasteiger partial charge in [0, 0.05) is 0 Å². The van der Waals surface area contributed by atoms with E-state index in [1.54, 1.807) is 24.3 Å². The van der Waals surface area contributed by atoms with Crippen molar-refractivity contribution in [1.29, 1.82) is 0 Å². The number of carbonyl (C=O) groups is 2. The van der Waals surface area contributed by atoms with Gasteiger partial charge in [-0.1, -0.05) is 23.7 Å². The molecule has 2 aromatic rings. The van der Waals surface area contributed by atoms with Gasteiger partial charge in [-0.2, -0.15) is 9.78 Å². The number of nitrogens with zero attached hydrogens (tertiary/aromatic N) is 2. The molecular weight excluding hydrogens is 319 g/mol. The number of alkyl halides is 1. The monoisotopic (exact) mass is 328 g/mol. The maximum atomic E-state index is 11.8. The Hall–Kier alpha value is -2.05. The number of halogens is 2. The number of hydrogen-bond donors (Lipinski definition) is 2. The fourth-order valence-corrected chi connectivity index (χ4v) is 2.21. The molecule has 21 heavy (non-hydrogen) atoms. The van der Waals surface area contributed by atoms with Crippen molar-refractivity contribution in [2.75, 3.05) is 5.88 Å². The summed E-state index contributed by atoms with van der Waals surface area (Å²) >= 11 is 11.5. The summed E-state index contributed by atoms with van der Waals surface area (Å²) in [5.74, 6) is -2.66. The molecule has 0 unspecified atom stereocenters. The maximum absolute atomic E-state index is 11.8. The van der Waals surface area contributed by atoms with Crippen LogP contribution in [0, 0.1) is 0 Å². The molecular formula is C13H10Cl2N2O4. The van der Waals surface area contributed by atoms with Gasteiger partial charge in [0.15, 0.2) is 5.78 Å². The predicted molar refractivity (Wildman–Crippen MR) is 76.6 cm³/mol. The van der Waals surface area contributed by atoms with Crippen LogP contribution in [0.4, 0.5) is 0 Å². The fourth-order valence-electron chi connectivity index (χ4n) is 1.86. The molecule has 0 aliphatic rings. The van der Waals surface area contributed by atoms with Crippen LogP contribution in [0.15, 0.2) is 24.3 Å². The number of Topliss-reactive ketones (excluding diaryl/α,β-unsaturated/α-hetero) is 1. The topological polar surface area (TPSA) is 92.4 Å². The molecule has 6 nitrogen and oxygen atoms in total. The largest absolute Gasteiger partial charge is 0.493 e. The Morgan fingerprint density at radius 1 is 1.29 bits per heavy atom. The molecule has 2 rings (SSSR count). The molecule has 0 atom stereocenters. The summed E-state index contributed by atoms with van der Waals surface area (Å²) in [5, 5.41) is 23.3. The second-order valence-electron chi connectivity index (χ2n) is 4.14. The normalized spacial score (nSPS) is 10.6. The number of aliphatic carboxylic acids is 1. The zero-order chi connectivity index (χ0) is 15.6. The van der Waals surface area contributed by atoms with Gasteiger partial charge in [-0.3, -0.25) is 9.59 Å². The van der Waals surface area contributed by atoms with Crippen molar-refractivity contribution in [3.63, 3.8) is 0 Å². The van der Waals surface area contributed by atoms with Crippen molar-refractivity contribution < 1.29 is 19.8 Å². The summed E-state index contributed by atoms with van der Waals surface area (Å²) in [7, 11) is 0. The van der Waals surface area contributed by atoms with Gasteiger partial charge in [0.25, 0.3) is 0 Å². The summed E-state index contributed by atoms with van der Waals surface area (Å²) in [5.41, 5.74) is 0.0646. The van der Waals surface area contributed by atoms with Gasteiger partial charge in [-0.25, -0.2) is 0 Å². The number of aromatic nitrogens is 2. The predicted octanol–water partition coefficient (Wildman–Crippen LogP) is 2.28. The van der Waals surface area contributed by atoms with Gasteiger partial charge in [0.1, 0.15) is 5.56 Å². The van der Waals surface area contributed by atoms with Crippen LogP contribution in [0.3, 0.4) is 0 Å². The van der Waals surface area contributed by atoms with Crippen LogP contribution in [-0.2, 0) is 11.2 Å². The van der Waals surface area contributed by atoms with Crippen LogP contribution in [0.5, 0.6) is 5.88 Å². The second-order valence-corrected chi connectivity index (χ2v) is 4.81. The van der Waals surface area contributed by atoms with Crippen LogP contribution in [-0.4, -0.2) is 37.6 Å². The Bertz CT molecular complexity index is 712. The van der Waals surface area contributed by atoms with Crippen LogP contribution in [0.1, 0.15) is 16.1 Å². The molecule has 1 aromatic heterocycles. The third kappa shape index (κ3) is 3.01. The van der Waals surface area contributed by atoms with E-state index in [9.17, 15) is 14.7 Å². The SMILES string of the molecule is O=C(O)Cc1nn(-c2ccccc2Cl)c(O)c1C(=O)CCl. The van der Waals surface area contributed by atoms with E-state index in [0.29, 0.717) is 10.7 Å². The molecule has 8 heteroatoms. The number of aromatic hydroxyl groups is 1. The summed E-state index contributed by atoms with van der Waals surface area (Å²) < 4.78 is 1.03. The number of para-hydroxylation sites is 1. The van der Waals surface area contributed by atoms with E-state index in [4.69, 9.17) is 28.3 Å². The van der Waals surface area contributed by atoms with Crippen molar-refractivity contribution in [3.05, 3.63) is 40.5 Å². The number of rotatable bonds is 5. The minimum absolute atomic E-state index is 0.0643. The first kappa shape index (κ1) is 15.3. The number of carboxylic acid groups (broad SMARTS) is 1.